The highest BCUT2D eigenvalue weighted by atomic mass is 16.5. The van der Waals surface area contributed by atoms with E-state index in [1.165, 1.54) is 12.8 Å². The van der Waals surface area contributed by atoms with Gasteiger partial charge in [-0.05, 0) is 55.7 Å². The monoisotopic (exact) mass is 448 g/mol. The van der Waals surface area contributed by atoms with Crippen LogP contribution in [0.4, 0.5) is 0 Å². The van der Waals surface area contributed by atoms with E-state index >= 15 is 0 Å². The second-order valence-corrected chi connectivity index (χ2v) is 8.49. The molecule has 3 aromatic rings. The molecule has 0 bridgehead atoms. The van der Waals surface area contributed by atoms with Gasteiger partial charge in [0.25, 0.3) is 5.91 Å². The summed E-state index contributed by atoms with van der Waals surface area (Å²) in [6, 6.07) is 15.0. The lowest BCUT2D eigenvalue weighted by atomic mass is 10.2. The number of carbonyl (C=O) groups is 2. The molecule has 0 spiro atoms. The Morgan fingerprint density at radius 3 is 2.45 bits per heavy atom. The Bertz CT molecular complexity index is 1080. The summed E-state index contributed by atoms with van der Waals surface area (Å²) in [6.07, 6.45) is 5.98. The molecule has 2 aromatic carbocycles. The number of hydrogen-bond acceptors (Lipinski definition) is 4. The number of rotatable bonds is 8. The minimum Gasteiger partial charge on any atom is -0.497 e. The third kappa shape index (κ3) is 5.72. The number of aromatic nitrogens is 2. The third-order valence-electron chi connectivity index (χ3n) is 6.20. The van der Waals surface area contributed by atoms with E-state index in [9.17, 15) is 9.59 Å². The van der Waals surface area contributed by atoms with Crippen molar-refractivity contribution in [3.05, 3.63) is 59.9 Å². The molecule has 1 aliphatic rings. The van der Waals surface area contributed by atoms with Gasteiger partial charge in [-0.15, -0.1) is 0 Å². The summed E-state index contributed by atoms with van der Waals surface area (Å²) < 4.78 is 7.19. The molecule has 33 heavy (non-hydrogen) atoms. The summed E-state index contributed by atoms with van der Waals surface area (Å²) in [5.74, 6) is 1.66. The van der Waals surface area contributed by atoms with Gasteiger partial charge in [0.2, 0.25) is 5.91 Å². The molecule has 0 unspecified atom stereocenters. The van der Waals surface area contributed by atoms with Gasteiger partial charge in [0, 0.05) is 31.6 Å². The van der Waals surface area contributed by atoms with Crippen molar-refractivity contribution in [2.45, 2.75) is 45.1 Å². The van der Waals surface area contributed by atoms with Crippen molar-refractivity contribution in [3.63, 3.8) is 0 Å². The average Bonchev–Trinajstić information content (AvgIpc) is 3.01. The number of nitrogens with zero attached hydrogens (tertiary/aromatic N) is 3. The van der Waals surface area contributed by atoms with Gasteiger partial charge >= 0.3 is 0 Å². The minimum absolute atomic E-state index is 0.109. The van der Waals surface area contributed by atoms with Crippen molar-refractivity contribution in [2.24, 2.45) is 0 Å². The second kappa shape index (κ2) is 11.0. The van der Waals surface area contributed by atoms with Crippen molar-refractivity contribution in [3.8, 4) is 5.75 Å². The Morgan fingerprint density at radius 1 is 1.00 bits per heavy atom. The summed E-state index contributed by atoms with van der Waals surface area (Å²) in [6.45, 7) is 2.54. The van der Waals surface area contributed by atoms with Crippen molar-refractivity contribution < 1.29 is 14.3 Å². The molecule has 0 radical (unpaired) electrons. The first-order valence-corrected chi connectivity index (χ1v) is 11.8. The summed E-state index contributed by atoms with van der Waals surface area (Å²) >= 11 is 0. The number of benzene rings is 2. The van der Waals surface area contributed by atoms with Crippen LogP contribution in [0, 0.1) is 0 Å². The number of methoxy groups -OCH3 is 1. The zero-order valence-electron chi connectivity index (χ0n) is 19.3. The number of imidazole rings is 1. The lowest BCUT2D eigenvalue weighted by Crippen LogP contribution is -2.35. The summed E-state index contributed by atoms with van der Waals surface area (Å²) in [5.41, 5.74) is 2.49. The van der Waals surface area contributed by atoms with Crippen LogP contribution >= 0.6 is 0 Å². The number of amides is 2. The lowest BCUT2D eigenvalue weighted by molar-refractivity contribution is -0.131. The molecule has 0 atom stereocenters. The smallest absolute Gasteiger partial charge is 0.251 e. The van der Waals surface area contributed by atoms with E-state index in [0.29, 0.717) is 25.1 Å². The van der Waals surface area contributed by atoms with E-state index in [0.717, 1.165) is 55.0 Å². The Kier molecular flexibility index (Phi) is 7.60. The van der Waals surface area contributed by atoms with Gasteiger partial charge < -0.3 is 19.5 Å². The molecule has 1 saturated heterocycles. The van der Waals surface area contributed by atoms with Crippen molar-refractivity contribution in [1.29, 1.82) is 0 Å². The van der Waals surface area contributed by atoms with Crippen molar-refractivity contribution in [2.75, 3.05) is 26.7 Å². The molecule has 0 aliphatic carbocycles. The normalized spacial score (nSPS) is 14.2. The molecule has 4 rings (SSSR count). The van der Waals surface area contributed by atoms with Gasteiger partial charge in [0.15, 0.2) is 0 Å². The van der Waals surface area contributed by atoms with Crippen LogP contribution in [0.15, 0.2) is 48.5 Å². The first kappa shape index (κ1) is 22.8. The van der Waals surface area contributed by atoms with Crippen LogP contribution in [0.3, 0.4) is 0 Å². The molecule has 174 valence electrons. The van der Waals surface area contributed by atoms with Gasteiger partial charge in [-0.3, -0.25) is 9.59 Å². The van der Waals surface area contributed by atoms with E-state index in [1.807, 2.05) is 33.7 Å². The molecule has 1 aliphatic heterocycles. The molecule has 1 fully saturated rings. The summed E-state index contributed by atoms with van der Waals surface area (Å²) in [7, 11) is 1.60. The third-order valence-corrected chi connectivity index (χ3v) is 6.20. The number of carbonyl (C=O) groups excluding carboxylic acids is 2. The molecule has 2 amide bonds. The zero-order chi connectivity index (χ0) is 23.0. The summed E-state index contributed by atoms with van der Waals surface area (Å²) in [5, 5.41) is 2.97. The van der Waals surface area contributed by atoms with Crippen LogP contribution in [-0.4, -0.2) is 53.0 Å². The molecular weight excluding hydrogens is 416 g/mol. The maximum atomic E-state index is 13.0. The van der Waals surface area contributed by atoms with Gasteiger partial charge in [-0.2, -0.15) is 0 Å². The topological polar surface area (TPSA) is 76.5 Å². The number of ether oxygens (including phenoxy) is 1. The lowest BCUT2D eigenvalue weighted by Gasteiger charge is -2.21. The van der Waals surface area contributed by atoms with E-state index in [4.69, 9.17) is 9.72 Å². The highest BCUT2D eigenvalue weighted by Gasteiger charge is 2.19. The van der Waals surface area contributed by atoms with Gasteiger partial charge in [-0.1, -0.05) is 25.0 Å². The number of fused-ring (bicyclic) bond motifs is 1. The predicted octanol–water partition coefficient (Wildman–Crippen LogP) is 3.81. The van der Waals surface area contributed by atoms with E-state index in [1.54, 1.807) is 31.4 Å². The molecule has 2 heterocycles. The van der Waals surface area contributed by atoms with E-state index < -0.39 is 0 Å². The quantitative estimate of drug-likeness (QED) is 0.532. The van der Waals surface area contributed by atoms with Crippen molar-refractivity contribution >= 4 is 22.8 Å². The van der Waals surface area contributed by atoms with Crippen LogP contribution in [0.2, 0.25) is 0 Å². The Hall–Kier alpha value is -3.35. The highest BCUT2D eigenvalue weighted by molar-refractivity contribution is 5.94. The van der Waals surface area contributed by atoms with Crippen LogP contribution in [0.25, 0.3) is 11.0 Å². The van der Waals surface area contributed by atoms with Gasteiger partial charge in [0.05, 0.1) is 18.1 Å². The fourth-order valence-electron chi connectivity index (χ4n) is 4.34. The molecule has 7 nitrogen and oxygen atoms in total. The number of para-hydroxylation sites is 2. The SMILES string of the molecule is COc1ccc(C(=O)NCCCc2nc3ccccc3n2CC(=O)N2CCCCCC2)cc1. The standard InChI is InChI=1S/C26H32N4O3/c1-33-21-14-12-20(13-15-21)26(32)27-16-8-11-24-28-22-9-4-5-10-23(22)30(24)19-25(31)29-17-6-2-3-7-18-29/h4-5,9-10,12-15H,2-3,6-8,11,16-19H2,1H3,(H,27,32). The molecule has 0 saturated carbocycles. The Labute approximate surface area is 194 Å². The molecule has 7 heteroatoms. The first-order chi connectivity index (χ1) is 16.2. The van der Waals surface area contributed by atoms with Crippen LogP contribution in [0.1, 0.15) is 48.3 Å². The Morgan fingerprint density at radius 2 is 1.73 bits per heavy atom. The number of nitrogens with one attached hydrogen (secondary N) is 1. The maximum Gasteiger partial charge on any atom is 0.251 e. The van der Waals surface area contributed by atoms with Crippen LogP contribution in [-0.2, 0) is 17.8 Å². The molecule has 1 N–H and O–H groups in total. The summed E-state index contributed by atoms with van der Waals surface area (Å²) in [4.78, 5) is 32.2. The first-order valence-electron chi connectivity index (χ1n) is 11.8. The number of hydrogen-bond donors (Lipinski definition) is 1. The van der Waals surface area contributed by atoms with Crippen molar-refractivity contribution in [1.82, 2.24) is 19.8 Å². The number of aryl methyl sites for hydroxylation is 1. The van der Waals surface area contributed by atoms with Crippen LogP contribution in [0.5, 0.6) is 5.75 Å². The largest absolute Gasteiger partial charge is 0.497 e. The average molecular weight is 449 g/mol. The second-order valence-electron chi connectivity index (χ2n) is 8.49. The maximum absolute atomic E-state index is 13.0. The van der Waals surface area contributed by atoms with E-state index in [2.05, 4.69) is 5.32 Å². The Balaban J connectivity index is 1.38. The zero-order valence-corrected chi connectivity index (χ0v) is 19.3. The van der Waals surface area contributed by atoms with Gasteiger partial charge in [-0.25, -0.2) is 4.98 Å². The highest BCUT2D eigenvalue weighted by Crippen LogP contribution is 2.19. The van der Waals surface area contributed by atoms with Crippen LogP contribution < -0.4 is 10.1 Å². The predicted molar refractivity (Wildman–Crippen MR) is 128 cm³/mol. The van der Waals surface area contributed by atoms with Gasteiger partial charge in [0.1, 0.15) is 18.1 Å². The number of likely N-dealkylation sites (tertiary alicyclic amines) is 1. The fourth-order valence-corrected chi connectivity index (χ4v) is 4.34. The molecular formula is C26H32N4O3. The molecule has 1 aromatic heterocycles. The fraction of sp³-hybridized carbons (Fsp3) is 0.423. The minimum atomic E-state index is -0.109. The van der Waals surface area contributed by atoms with E-state index in [-0.39, 0.29) is 11.8 Å².